The first-order chi connectivity index (χ1) is 16.7. The summed E-state index contributed by atoms with van der Waals surface area (Å²) in [6, 6.07) is 12.8. The third-order valence-corrected chi connectivity index (χ3v) is 7.70. The van der Waals surface area contributed by atoms with Crippen molar-refractivity contribution in [3.05, 3.63) is 88.3 Å². The van der Waals surface area contributed by atoms with Gasteiger partial charge in [0.1, 0.15) is 17.3 Å². The number of pyridine rings is 1. The molecule has 11 heteroatoms. The lowest BCUT2D eigenvalue weighted by molar-refractivity contribution is 0.139. The highest BCUT2D eigenvalue weighted by Gasteiger charge is 2.37. The van der Waals surface area contributed by atoms with Crippen LogP contribution in [0.4, 0.5) is 25.0 Å². The molecule has 1 saturated heterocycles. The smallest absolute Gasteiger partial charge is 0.321 e. The van der Waals surface area contributed by atoms with Gasteiger partial charge in [0, 0.05) is 36.9 Å². The molecule has 2 bridgehead atoms. The van der Waals surface area contributed by atoms with Crippen LogP contribution in [0.1, 0.15) is 18.0 Å². The number of hydrogen-bond acceptors (Lipinski definition) is 4. The number of halogens is 2. The zero-order chi connectivity index (χ0) is 24.7. The number of urea groups is 1. The van der Waals surface area contributed by atoms with Crippen LogP contribution >= 0.6 is 0 Å². The van der Waals surface area contributed by atoms with Crippen molar-refractivity contribution in [2.75, 3.05) is 23.1 Å². The van der Waals surface area contributed by atoms with Crippen LogP contribution < -0.4 is 15.6 Å². The maximum atomic E-state index is 13.5. The van der Waals surface area contributed by atoms with Crippen LogP contribution in [0.3, 0.4) is 0 Å². The second kappa shape index (κ2) is 8.81. The molecule has 2 atom stereocenters. The number of likely N-dealkylation sites (tertiary alicyclic amines) is 1. The minimum absolute atomic E-state index is 0.00740. The lowest BCUT2D eigenvalue weighted by atomic mass is 9.83. The number of amides is 2. The summed E-state index contributed by atoms with van der Waals surface area (Å²) in [5.74, 6) is -1.18. The monoisotopic (exact) mass is 500 g/mol. The Kier molecular flexibility index (Phi) is 5.79. The van der Waals surface area contributed by atoms with E-state index in [1.807, 2.05) is 0 Å². The van der Waals surface area contributed by atoms with Crippen molar-refractivity contribution < 1.29 is 22.0 Å². The van der Waals surface area contributed by atoms with Gasteiger partial charge < -0.3 is 14.8 Å². The molecular formula is C24H22F2N4O4S. The number of piperidine rings is 1. The van der Waals surface area contributed by atoms with E-state index in [1.165, 1.54) is 42.5 Å². The molecule has 0 unspecified atom stereocenters. The fourth-order valence-corrected chi connectivity index (χ4v) is 5.85. The molecule has 2 aromatic carbocycles. The molecule has 0 spiro atoms. The molecular weight excluding hydrogens is 478 g/mol. The fourth-order valence-electron chi connectivity index (χ4n) is 4.76. The first kappa shape index (κ1) is 23.0. The zero-order valence-electron chi connectivity index (χ0n) is 18.4. The molecule has 35 heavy (non-hydrogen) atoms. The number of sulfonamides is 1. The molecule has 1 fully saturated rings. The van der Waals surface area contributed by atoms with Crippen LogP contribution in [0.5, 0.6) is 0 Å². The predicted octanol–water partition coefficient (Wildman–Crippen LogP) is 3.58. The van der Waals surface area contributed by atoms with Gasteiger partial charge in [-0.2, -0.15) is 0 Å². The maximum Gasteiger partial charge on any atom is 0.321 e. The fraction of sp³-hybridized carbons (Fsp3) is 0.250. The number of carbonyl (C=O) groups is 1. The second-order valence-electron chi connectivity index (χ2n) is 8.79. The summed E-state index contributed by atoms with van der Waals surface area (Å²) in [7, 11) is -4.14. The summed E-state index contributed by atoms with van der Waals surface area (Å²) in [5, 5.41) is 2.77. The Labute approximate surface area is 200 Å². The van der Waals surface area contributed by atoms with E-state index in [2.05, 4.69) is 10.0 Å². The summed E-state index contributed by atoms with van der Waals surface area (Å²) < 4.78 is 55.8. The van der Waals surface area contributed by atoms with Crippen molar-refractivity contribution in [2.45, 2.75) is 23.8 Å². The van der Waals surface area contributed by atoms with E-state index in [4.69, 9.17) is 0 Å². The highest BCUT2D eigenvalue weighted by molar-refractivity contribution is 7.92. The Morgan fingerprint density at radius 3 is 2.46 bits per heavy atom. The van der Waals surface area contributed by atoms with Gasteiger partial charge in [-0.1, -0.05) is 6.07 Å². The number of hydrogen-bond donors (Lipinski definition) is 2. The van der Waals surface area contributed by atoms with Crippen LogP contribution in [-0.4, -0.2) is 37.0 Å². The van der Waals surface area contributed by atoms with E-state index in [0.717, 1.165) is 24.2 Å². The van der Waals surface area contributed by atoms with Crippen molar-refractivity contribution in [1.82, 2.24) is 9.47 Å². The lowest BCUT2D eigenvalue weighted by Gasteiger charge is -2.42. The summed E-state index contributed by atoms with van der Waals surface area (Å²) >= 11 is 0. The standard InChI is InChI=1S/C24H22F2N4O4S/c25-17-4-6-19(7-5-17)27-24(32)29-12-15-10-16(14-29)22-9-8-21(23(31)30(22)13-15)28-35(33,34)20-3-1-2-18(26)11-20/h1-9,11,15-16,28H,10,12-14H2,(H,27,32)/t15-,16+/m0/s1. The number of fused-ring (bicyclic) bond motifs is 4. The average Bonchev–Trinajstić information content (AvgIpc) is 2.82. The van der Waals surface area contributed by atoms with Crippen LogP contribution in [0.15, 0.2) is 70.4 Å². The van der Waals surface area contributed by atoms with Crippen molar-refractivity contribution in [3.8, 4) is 0 Å². The quantitative estimate of drug-likeness (QED) is 0.572. The Morgan fingerprint density at radius 1 is 0.943 bits per heavy atom. The first-order valence-corrected chi connectivity index (χ1v) is 12.5. The molecule has 0 saturated carbocycles. The third kappa shape index (κ3) is 4.63. The summed E-state index contributed by atoms with van der Waals surface area (Å²) in [6.45, 7) is 1.15. The van der Waals surface area contributed by atoms with Gasteiger partial charge in [-0.3, -0.25) is 9.52 Å². The number of nitrogens with one attached hydrogen (secondary N) is 2. The Hall–Kier alpha value is -3.73. The normalized spacial score (nSPS) is 19.1. The third-order valence-electron chi connectivity index (χ3n) is 6.34. The lowest BCUT2D eigenvalue weighted by Crippen LogP contribution is -2.50. The van der Waals surface area contributed by atoms with Crippen LogP contribution in [0.2, 0.25) is 0 Å². The molecule has 2 aliphatic rings. The number of carbonyl (C=O) groups excluding carboxylic acids is 1. The number of nitrogens with zero attached hydrogens (tertiary/aromatic N) is 2. The largest absolute Gasteiger partial charge is 0.324 e. The highest BCUT2D eigenvalue weighted by Crippen LogP contribution is 2.35. The summed E-state index contributed by atoms with van der Waals surface area (Å²) in [4.78, 5) is 27.3. The molecule has 0 radical (unpaired) electrons. The molecule has 0 aliphatic carbocycles. The predicted molar refractivity (Wildman–Crippen MR) is 126 cm³/mol. The minimum atomic E-state index is -4.14. The Bertz CT molecular complexity index is 1460. The topological polar surface area (TPSA) is 101 Å². The van der Waals surface area contributed by atoms with E-state index in [0.29, 0.717) is 25.3 Å². The van der Waals surface area contributed by atoms with Gasteiger partial charge in [0.25, 0.3) is 15.6 Å². The summed E-state index contributed by atoms with van der Waals surface area (Å²) in [6.07, 6.45) is 0.800. The van der Waals surface area contributed by atoms with Crippen molar-refractivity contribution in [2.24, 2.45) is 5.92 Å². The van der Waals surface area contributed by atoms with Crippen molar-refractivity contribution in [3.63, 3.8) is 0 Å². The highest BCUT2D eigenvalue weighted by atomic mass is 32.2. The van der Waals surface area contributed by atoms with E-state index in [1.54, 1.807) is 15.5 Å². The molecule has 1 aromatic heterocycles. The Balaban J connectivity index is 1.35. The van der Waals surface area contributed by atoms with E-state index < -0.39 is 27.2 Å². The van der Waals surface area contributed by atoms with Crippen LogP contribution in [0.25, 0.3) is 0 Å². The maximum absolute atomic E-state index is 13.5. The minimum Gasteiger partial charge on any atom is -0.324 e. The summed E-state index contributed by atoms with van der Waals surface area (Å²) in [5.41, 5.74) is 0.600. The van der Waals surface area contributed by atoms with Gasteiger partial charge in [-0.25, -0.2) is 22.0 Å². The molecule has 2 amide bonds. The van der Waals surface area contributed by atoms with Gasteiger partial charge in [-0.05, 0) is 66.9 Å². The first-order valence-electron chi connectivity index (χ1n) is 11.0. The molecule has 3 aromatic rings. The van der Waals surface area contributed by atoms with Gasteiger partial charge in [-0.15, -0.1) is 0 Å². The Morgan fingerprint density at radius 2 is 1.71 bits per heavy atom. The van der Waals surface area contributed by atoms with Gasteiger partial charge in [0.15, 0.2) is 0 Å². The number of anilines is 2. The van der Waals surface area contributed by atoms with Crippen molar-refractivity contribution >= 4 is 27.4 Å². The molecule has 2 N–H and O–H groups in total. The van der Waals surface area contributed by atoms with Gasteiger partial charge >= 0.3 is 6.03 Å². The van der Waals surface area contributed by atoms with Gasteiger partial charge in [0.05, 0.1) is 4.90 Å². The van der Waals surface area contributed by atoms with E-state index in [9.17, 15) is 26.8 Å². The zero-order valence-corrected chi connectivity index (χ0v) is 19.3. The average molecular weight is 501 g/mol. The number of aromatic nitrogens is 1. The molecule has 2 aliphatic heterocycles. The number of benzene rings is 2. The number of rotatable bonds is 4. The van der Waals surface area contributed by atoms with Crippen molar-refractivity contribution in [1.29, 1.82) is 0 Å². The SMILES string of the molecule is O=C(Nc1ccc(F)cc1)N1C[C@@H]2C[C@H](C1)c1ccc(NS(=O)(=O)c3cccc(F)c3)c(=O)n1C2. The van der Waals surface area contributed by atoms with E-state index >= 15 is 0 Å². The van der Waals surface area contributed by atoms with Gasteiger partial charge in [0.2, 0.25) is 0 Å². The molecule has 8 nitrogen and oxygen atoms in total. The van der Waals surface area contributed by atoms with Crippen LogP contribution in [-0.2, 0) is 16.6 Å². The second-order valence-corrected chi connectivity index (χ2v) is 10.5. The molecule has 5 rings (SSSR count). The molecule has 3 heterocycles. The molecule has 182 valence electrons. The van der Waals surface area contributed by atoms with Crippen LogP contribution in [0, 0.1) is 17.6 Å². The van der Waals surface area contributed by atoms with E-state index in [-0.39, 0.29) is 28.4 Å².